The highest BCUT2D eigenvalue weighted by molar-refractivity contribution is 6.36. The lowest BCUT2D eigenvalue weighted by Gasteiger charge is -2.13. The summed E-state index contributed by atoms with van der Waals surface area (Å²) in [4.78, 5) is 29.4. The maximum atomic E-state index is 13.2. The minimum Gasteiger partial charge on any atom is -0.326 e. The van der Waals surface area contributed by atoms with Crippen LogP contribution in [0.25, 0.3) is 11.8 Å². The van der Waals surface area contributed by atoms with E-state index in [2.05, 4.69) is 15.5 Å². The number of hydrogen-bond donors (Lipinski definition) is 3. The Morgan fingerprint density at radius 2 is 1.79 bits per heavy atom. The zero-order valence-corrected chi connectivity index (χ0v) is 22.1. The minimum absolute atomic E-state index is 0.00781. The highest BCUT2D eigenvalue weighted by atomic mass is 35.5. The molecular formula is C28H22Cl2N6O3. The van der Waals surface area contributed by atoms with Gasteiger partial charge in [-0.2, -0.15) is 0 Å². The maximum absolute atomic E-state index is 13.2. The molecule has 0 saturated heterocycles. The monoisotopic (exact) mass is 560 g/mol. The number of anilines is 1. The first kappa shape index (κ1) is 26.3. The second-order valence-corrected chi connectivity index (χ2v) is 9.60. The van der Waals surface area contributed by atoms with E-state index in [1.807, 2.05) is 41.8 Å². The van der Waals surface area contributed by atoms with Gasteiger partial charge in [-0.3, -0.25) is 24.4 Å². The van der Waals surface area contributed by atoms with E-state index in [9.17, 15) is 9.59 Å². The summed E-state index contributed by atoms with van der Waals surface area (Å²) in [7, 11) is 0. The van der Waals surface area contributed by atoms with Gasteiger partial charge in [-0.25, -0.2) is 5.48 Å². The van der Waals surface area contributed by atoms with Crippen LogP contribution in [0.5, 0.6) is 0 Å². The zero-order valence-electron chi connectivity index (χ0n) is 20.6. The second kappa shape index (κ2) is 11.2. The number of carbonyl (C=O) groups is 2. The Kier molecular flexibility index (Phi) is 7.56. The molecule has 0 radical (unpaired) electrons. The Bertz CT molecular complexity index is 1630. The van der Waals surface area contributed by atoms with Crippen molar-refractivity contribution >= 4 is 52.5 Å². The molecule has 1 aliphatic rings. The highest BCUT2D eigenvalue weighted by Gasteiger charge is 2.30. The number of aromatic nitrogens is 3. The van der Waals surface area contributed by atoms with Crippen molar-refractivity contribution in [2.24, 2.45) is 4.99 Å². The first-order valence-corrected chi connectivity index (χ1v) is 12.7. The third-order valence-corrected chi connectivity index (χ3v) is 6.69. The van der Waals surface area contributed by atoms with Crippen LogP contribution in [0.1, 0.15) is 40.8 Å². The van der Waals surface area contributed by atoms with Gasteiger partial charge in [-0.15, -0.1) is 10.2 Å². The summed E-state index contributed by atoms with van der Waals surface area (Å²) in [6.45, 7) is 1.84. The largest absolute Gasteiger partial charge is 0.326 e. The van der Waals surface area contributed by atoms with Gasteiger partial charge in [0.25, 0.3) is 5.91 Å². The molecule has 0 fully saturated rings. The summed E-state index contributed by atoms with van der Waals surface area (Å²) in [6, 6.07) is 19.1. The van der Waals surface area contributed by atoms with Crippen molar-refractivity contribution in [1.82, 2.24) is 20.2 Å². The molecule has 0 saturated carbocycles. The van der Waals surface area contributed by atoms with Crippen LogP contribution in [-0.2, 0) is 9.59 Å². The molecule has 0 unspecified atom stereocenters. The van der Waals surface area contributed by atoms with Crippen molar-refractivity contribution in [1.29, 1.82) is 0 Å². The number of hydroxylamine groups is 1. The summed E-state index contributed by atoms with van der Waals surface area (Å²) >= 11 is 13.0. The molecule has 2 amide bonds. The summed E-state index contributed by atoms with van der Waals surface area (Å²) in [5.74, 6) is 0.255. The predicted molar refractivity (Wildman–Crippen MR) is 150 cm³/mol. The molecule has 0 bridgehead atoms. The summed E-state index contributed by atoms with van der Waals surface area (Å²) in [5, 5.41) is 21.2. The smallest absolute Gasteiger partial charge is 0.267 e. The quantitative estimate of drug-likeness (QED) is 0.167. The molecule has 5 rings (SSSR count). The van der Waals surface area contributed by atoms with Crippen molar-refractivity contribution in [3.63, 3.8) is 0 Å². The normalized spacial score (nSPS) is 14.3. The SMILES string of the molecule is Cc1nnc2n1-c1ccc(Cl)cc1C(c1ccccc1Cl)=N[C@H]2CC(=O)Nc1ccc(/C=C/C(=O)NO)cc1. The first-order valence-electron chi connectivity index (χ1n) is 11.9. The van der Waals surface area contributed by atoms with Crippen LogP contribution in [0.4, 0.5) is 5.69 Å². The molecule has 11 heteroatoms. The van der Waals surface area contributed by atoms with Gasteiger partial charge in [-0.05, 0) is 55.0 Å². The molecule has 9 nitrogen and oxygen atoms in total. The predicted octanol–water partition coefficient (Wildman–Crippen LogP) is 5.32. The fraction of sp³-hybridized carbons (Fsp3) is 0.107. The van der Waals surface area contributed by atoms with Gasteiger partial charge in [-0.1, -0.05) is 53.5 Å². The number of nitrogens with zero attached hydrogens (tertiary/aromatic N) is 4. The summed E-state index contributed by atoms with van der Waals surface area (Å²) in [6.07, 6.45) is 2.72. The van der Waals surface area contributed by atoms with Crippen LogP contribution in [0.2, 0.25) is 10.0 Å². The third-order valence-electron chi connectivity index (χ3n) is 6.13. The molecule has 1 atom stereocenters. The second-order valence-electron chi connectivity index (χ2n) is 8.76. The van der Waals surface area contributed by atoms with Crippen molar-refractivity contribution < 1.29 is 14.8 Å². The van der Waals surface area contributed by atoms with E-state index in [4.69, 9.17) is 33.4 Å². The molecule has 2 heterocycles. The van der Waals surface area contributed by atoms with E-state index >= 15 is 0 Å². The Morgan fingerprint density at radius 3 is 2.54 bits per heavy atom. The average molecular weight is 561 g/mol. The molecule has 3 aromatic carbocycles. The van der Waals surface area contributed by atoms with E-state index in [0.29, 0.717) is 44.2 Å². The summed E-state index contributed by atoms with van der Waals surface area (Å²) < 4.78 is 1.89. The lowest BCUT2D eigenvalue weighted by atomic mass is 10.00. The molecule has 39 heavy (non-hydrogen) atoms. The van der Waals surface area contributed by atoms with Crippen LogP contribution in [0, 0.1) is 6.92 Å². The van der Waals surface area contributed by atoms with Crippen LogP contribution < -0.4 is 10.8 Å². The molecule has 1 aromatic heterocycles. The molecule has 0 aliphatic carbocycles. The van der Waals surface area contributed by atoms with E-state index in [0.717, 1.165) is 11.3 Å². The Labute approximate surface area is 233 Å². The number of aryl methyl sites for hydroxylation is 1. The Balaban J connectivity index is 1.49. The van der Waals surface area contributed by atoms with Crippen LogP contribution in [0.15, 0.2) is 77.8 Å². The van der Waals surface area contributed by atoms with Crippen LogP contribution in [0.3, 0.4) is 0 Å². The lowest BCUT2D eigenvalue weighted by Crippen LogP contribution is -2.17. The number of amides is 2. The van der Waals surface area contributed by atoms with Crippen molar-refractivity contribution in [3.8, 4) is 5.69 Å². The Hall–Kier alpha value is -4.31. The van der Waals surface area contributed by atoms with E-state index in [1.54, 1.807) is 36.4 Å². The molecule has 0 spiro atoms. The van der Waals surface area contributed by atoms with Crippen molar-refractivity contribution in [2.45, 2.75) is 19.4 Å². The number of fused-ring (bicyclic) bond motifs is 3. The van der Waals surface area contributed by atoms with Gasteiger partial charge in [0.15, 0.2) is 5.82 Å². The first-order chi connectivity index (χ1) is 18.8. The van der Waals surface area contributed by atoms with Crippen LogP contribution >= 0.6 is 23.2 Å². The molecule has 4 aromatic rings. The van der Waals surface area contributed by atoms with E-state index < -0.39 is 11.9 Å². The van der Waals surface area contributed by atoms with Crippen molar-refractivity contribution in [2.75, 3.05) is 5.32 Å². The highest BCUT2D eigenvalue weighted by Crippen LogP contribution is 2.35. The maximum Gasteiger partial charge on any atom is 0.267 e. The van der Waals surface area contributed by atoms with Gasteiger partial charge in [0.1, 0.15) is 11.9 Å². The number of carbonyl (C=O) groups excluding carboxylic acids is 2. The molecule has 1 aliphatic heterocycles. The molecule has 3 N–H and O–H groups in total. The van der Waals surface area contributed by atoms with Gasteiger partial charge in [0, 0.05) is 32.9 Å². The van der Waals surface area contributed by atoms with E-state index in [1.165, 1.54) is 17.6 Å². The molecule has 196 valence electrons. The van der Waals surface area contributed by atoms with Crippen molar-refractivity contribution in [3.05, 3.63) is 111 Å². The topological polar surface area (TPSA) is 122 Å². The number of halogens is 2. The summed E-state index contributed by atoms with van der Waals surface area (Å²) in [5.41, 5.74) is 5.67. The minimum atomic E-state index is -0.664. The standard InChI is InChI=1S/C28H22Cl2N6O3/c1-16-33-34-28-23(15-26(38)31-19-10-6-17(7-11-19)8-13-25(37)35-39)32-27(20-4-2-3-5-22(20)30)21-14-18(29)9-12-24(21)36(16)28/h2-14,23,39H,15H2,1H3,(H,31,38)(H,35,37)/b13-8+/t23-/m0/s1. The van der Waals surface area contributed by atoms with Crippen LogP contribution in [-0.4, -0.2) is 37.5 Å². The van der Waals surface area contributed by atoms with Gasteiger partial charge in [0.05, 0.1) is 17.8 Å². The van der Waals surface area contributed by atoms with E-state index in [-0.39, 0.29) is 12.3 Å². The number of aliphatic imine (C=N–C) groups is 1. The van der Waals surface area contributed by atoms with Gasteiger partial charge >= 0.3 is 0 Å². The number of nitrogens with one attached hydrogen (secondary N) is 2. The lowest BCUT2D eigenvalue weighted by molar-refractivity contribution is -0.124. The number of benzene rings is 3. The average Bonchev–Trinajstić information content (AvgIpc) is 3.25. The fourth-order valence-corrected chi connectivity index (χ4v) is 4.74. The molecular weight excluding hydrogens is 539 g/mol. The number of rotatable bonds is 6. The number of hydrogen-bond acceptors (Lipinski definition) is 6. The van der Waals surface area contributed by atoms with Gasteiger partial charge in [0.2, 0.25) is 5.91 Å². The fourth-order valence-electron chi connectivity index (χ4n) is 4.35. The Morgan fingerprint density at radius 1 is 1.03 bits per heavy atom. The third kappa shape index (κ3) is 5.61. The van der Waals surface area contributed by atoms with Gasteiger partial charge < -0.3 is 5.32 Å². The zero-order chi connectivity index (χ0) is 27.5.